The molecule has 1 aliphatic rings. The molecule has 0 spiro atoms. The van der Waals surface area contributed by atoms with E-state index in [1.807, 2.05) is 0 Å². The lowest BCUT2D eigenvalue weighted by Gasteiger charge is -2.10. The van der Waals surface area contributed by atoms with Crippen molar-refractivity contribution in [3.63, 3.8) is 0 Å². The molecule has 0 unspecified atom stereocenters. The number of hydrogen-bond donors (Lipinski definition) is 1. The molecule has 14 heavy (non-hydrogen) atoms. The van der Waals surface area contributed by atoms with Crippen molar-refractivity contribution in [1.82, 2.24) is 5.32 Å². The molecule has 0 aromatic rings. The average molecular weight is 201 g/mol. The first-order valence-corrected chi connectivity index (χ1v) is 5.20. The highest BCUT2D eigenvalue weighted by molar-refractivity contribution is 5.66. The fraction of sp³-hybridized carbons (Fsp3) is 0.900. The molecule has 1 N–H and O–H groups in total. The Morgan fingerprint density at radius 1 is 1.57 bits per heavy atom. The predicted octanol–water partition coefficient (Wildman–Crippen LogP) is 1.69. The topological polar surface area (TPSA) is 50.9 Å². The van der Waals surface area contributed by atoms with Crippen molar-refractivity contribution in [2.24, 2.45) is 0 Å². The first kappa shape index (κ1) is 11.3. The largest absolute Gasteiger partial charge is 0.446 e. The van der Waals surface area contributed by atoms with Crippen molar-refractivity contribution in [2.45, 2.75) is 44.8 Å². The zero-order valence-electron chi connectivity index (χ0n) is 9.13. The zero-order chi connectivity index (χ0) is 10.6. The Morgan fingerprint density at radius 2 is 2.29 bits per heavy atom. The van der Waals surface area contributed by atoms with E-state index < -0.39 is 0 Å². The molecule has 0 aromatic carbocycles. The van der Waals surface area contributed by atoms with E-state index in [-0.39, 0.29) is 17.8 Å². The van der Waals surface area contributed by atoms with Crippen LogP contribution in [0.5, 0.6) is 0 Å². The fourth-order valence-corrected chi connectivity index (χ4v) is 1.63. The maximum absolute atomic E-state index is 10.9. The van der Waals surface area contributed by atoms with Gasteiger partial charge in [0, 0.05) is 7.05 Å². The van der Waals surface area contributed by atoms with Gasteiger partial charge >= 0.3 is 6.09 Å². The van der Waals surface area contributed by atoms with Crippen LogP contribution in [0.4, 0.5) is 4.79 Å². The van der Waals surface area contributed by atoms with Crippen molar-refractivity contribution < 1.29 is 14.3 Å². The molecule has 0 bridgehead atoms. The first-order chi connectivity index (χ1) is 6.68. The molecule has 1 rings (SSSR count). The van der Waals surface area contributed by atoms with Gasteiger partial charge in [-0.2, -0.15) is 0 Å². The van der Waals surface area contributed by atoms with E-state index in [4.69, 9.17) is 9.47 Å². The summed E-state index contributed by atoms with van der Waals surface area (Å²) in [6.07, 6.45) is 2.94. The third kappa shape index (κ3) is 2.38. The quantitative estimate of drug-likeness (QED) is 0.689. The standard InChI is InChI=1S/C10H19NO3/c1-4-6-8-10(5-2,14-8)7-13-9(12)11-3/h8H,4-7H2,1-3H3,(H,11,12)/t8-,10+/m0/s1. The molecule has 1 saturated heterocycles. The van der Waals surface area contributed by atoms with Gasteiger partial charge in [0.05, 0.1) is 6.10 Å². The monoisotopic (exact) mass is 201 g/mol. The van der Waals surface area contributed by atoms with Gasteiger partial charge in [-0.25, -0.2) is 4.79 Å². The minimum atomic E-state index is -0.386. The van der Waals surface area contributed by atoms with Crippen molar-refractivity contribution >= 4 is 6.09 Å². The Kier molecular flexibility index (Phi) is 3.75. The van der Waals surface area contributed by atoms with E-state index in [9.17, 15) is 4.79 Å². The number of carbonyl (C=O) groups is 1. The average Bonchev–Trinajstić information content (AvgIpc) is 2.90. The second kappa shape index (κ2) is 4.64. The molecular weight excluding hydrogens is 182 g/mol. The van der Waals surface area contributed by atoms with Crippen LogP contribution in [-0.4, -0.2) is 31.5 Å². The van der Waals surface area contributed by atoms with Gasteiger partial charge in [-0.05, 0) is 12.8 Å². The molecule has 1 heterocycles. The minimum Gasteiger partial charge on any atom is -0.446 e. The van der Waals surface area contributed by atoms with Gasteiger partial charge in [-0.3, -0.25) is 0 Å². The van der Waals surface area contributed by atoms with E-state index in [2.05, 4.69) is 19.2 Å². The molecular formula is C10H19NO3. The summed E-state index contributed by atoms with van der Waals surface area (Å²) in [7, 11) is 1.55. The van der Waals surface area contributed by atoms with Crippen molar-refractivity contribution in [2.75, 3.05) is 13.7 Å². The van der Waals surface area contributed by atoms with Crippen LogP contribution in [0.15, 0.2) is 0 Å². The summed E-state index contributed by atoms with van der Waals surface area (Å²) in [5.74, 6) is 0. The number of alkyl carbamates (subject to hydrolysis) is 1. The smallest absolute Gasteiger partial charge is 0.406 e. The highest BCUT2D eigenvalue weighted by Gasteiger charge is 2.55. The van der Waals surface area contributed by atoms with Crippen LogP contribution in [-0.2, 0) is 9.47 Å². The molecule has 2 atom stereocenters. The highest BCUT2D eigenvalue weighted by Crippen LogP contribution is 2.42. The summed E-state index contributed by atoms with van der Waals surface area (Å²) in [6, 6.07) is 0. The Morgan fingerprint density at radius 3 is 2.79 bits per heavy atom. The van der Waals surface area contributed by atoms with Crippen molar-refractivity contribution in [3.05, 3.63) is 0 Å². The van der Waals surface area contributed by atoms with Crippen LogP contribution in [0.1, 0.15) is 33.1 Å². The fourth-order valence-electron chi connectivity index (χ4n) is 1.63. The van der Waals surface area contributed by atoms with Crippen LogP contribution in [0.3, 0.4) is 0 Å². The summed E-state index contributed by atoms with van der Waals surface area (Å²) in [5.41, 5.74) is -0.192. The summed E-state index contributed by atoms with van der Waals surface area (Å²) in [5, 5.41) is 2.42. The second-order valence-corrected chi connectivity index (χ2v) is 3.64. The van der Waals surface area contributed by atoms with Crippen LogP contribution in [0, 0.1) is 0 Å². The van der Waals surface area contributed by atoms with Crippen LogP contribution in [0.25, 0.3) is 0 Å². The predicted molar refractivity (Wildman–Crippen MR) is 53.2 cm³/mol. The highest BCUT2D eigenvalue weighted by atomic mass is 16.6. The molecule has 0 aliphatic carbocycles. The lowest BCUT2D eigenvalue weighted by molar-refractivity contribution is 0.110. The molecule has 1 amide bonds. The van der Waals surface area contributed by atoms with Gasteiger partial charge in [0.1, 0.15) is 12.2 Å². The number of carbonyl (C=O) groups excluding carboxylic acids is 1. The molecule has 1 fully saturated rings. The van der Waals surface area contributed by atoms with Gasteiger partial charge in [0.15, 0.2) is 0 Å². The first-order valence-electron chi connectivity index (χ1n) is 5.20. The molecule has 1 aliphatic heterocycles. The maximum Gasteiger partial charge on any atom is 0.406 e. The molecule has 4 nitrogen and oxygen atoms in total. The van der Waals surface area contributed by atoms with E-state index >= 15 is 0 Å². The van der Waals surface area contributed by atoms with E-state index in [0.717, 1.165) is 19.3 Å². The number of epoxide rings is 1. The summed E-state index contributed by atoms with van der Waals surface area (Å²) in [4.78, 5) is 10.9. The normalized spacial score (nSPS) is 29.8. The Hall–Kier alpha value is -0.770. The molecule has 0 radical (unpaired) electrons. The van der Waals surface area contributed by atoms with E-state index in [1.165, 1.54) is 0 Å². The zero-order valence-corrected chi connectivity index (χ0v) is 9.13. The van der Waals surface area contributed by atoms with Gasteiger partial charge in [0.2, 0.25) is 0 Å². The Labute approximate surface area is 85.0 Å². The number of amides is 1. The number of rotatable bonds is 5. The molecule has 82 valence electrons. The third-order valence-electron chi connectivity index (χ3n) is 2.71. The minimum absolute atomic E-state index is 0.192. The summed E-state index contributed by atoms with van der Waals surface area (Å²) < 4.78 is 10.6. The molecule has 4 heteroatoms. The SMILES string of the molecule is CCC[C@@H]1O[C@]1(CC)COC(=O)NC. The van der Waals surface area contributed by atoms with E-state index in [1.54, 1.807) is 7.05 Å². The van der Waals surface area contributed by atoms with E-state index in [0.29, 0.717) is 6.61 Å². The maximum atomic E-state index is 10.9. The van der Waals surface area contributed by atoms with Crippen molar-refractivity contribution in [1.29, 1.82) is 0 Å². The molecule has 0 saturated carbocycles. The van der Waals surface area contributed by atoms with Crippen LogP contribution >= 0.6 is 0 Å². The number of hydrogen-bond acceptors (Lipinski definition) is 3. The summed E-state index contributed by atoms with van der Waals surface area (Å²) in [6.45, 7) is 4.55. The molecule has 0 aromatic heterocycles. The third-order valence-corrected chi connectivity index (χ3v) is 2.71. The van der Waals surface area contributed by atoms with Gasteiger partial charge in [-0.1, -0.05) is 20.3 Å². The second-order valence-electron chi connectivity index (χ2n) is 3.64. The van der Waals surface area contributed by atoms with Gasteiger partial charge < -0.3 is 14.8 Å². The number of ether oxygens (including phenoxy) is 2. The lowest BCUT2D eigenvalue weighted by Crippen LogP contribution is -2.28. The van der Waals surface area contributed by atoms with Gasteiger partial charge in [0.25, 0.3) is 0 Å². The van der Waals surface area contributed by atoms with Crippen LogP contribution in [0.2, 0.25) is 0 Å². The summed E-state index contributed by atoms with van der Waals surface area (Å²) >= 11 is 0. The Balaban J connectivity index is 2.31. The lowest BCUT2D eigenvalue weighted by atomic mass is 10.0. The van der Waals surface area contributed by atoms with Gasteiger partial charge in [-0.15, -0.1) is 0 Å². The number of nitrogens with one attached hydrogen (secondary N) is 1. The van der Waals surface area contributed by atoms with Crippen LogP contribution < -0.4 is 5.32 Å². The van der Waals surface area contributed by atoms with Crippen molar-refractivity contribution in [3.8, 4) is 0 Å². The Bertz CT molecular complexity index is 208.